The lowest BCUT2D eigenvalue weighted by molar-refractivity contribution is 0.424. The lowest BCUT2D eigenvalue weighted by atomic mass is 10.1. The predicted molar refractivity (Wildman–Crippen MR) is 61.2 cm³/mol. The lowest BCUT2D eigenvalue weighted by Gasteiger charge is -2.25. The van der Waals surface area contributed by atoms with Gasteiger partial charge in [-0.15, -0.1) is 0 Å². The zero-order valence-electron chi connectivity index (χ0n) is 8.94. The zero-order chi connectivity index (χ0) is 10.7. The lowest BCUT2D eigenvalue weighted by Crippen LogP contribution is -2.37. The van der Waals surface area contributed by atoms with Crippen LogP contribution in [0.2, 0.25) is 0 Å². The van der Waals surface area contributed by atoms with Gasteiger partial charge < -0.3 is 9.73 Å². The summed E-state index contributed by atoms with van der Waals surface area (Å²) < 4.78 is 16.2. The maximum absolute atomic E-state index is 11.2. The second-order valence-electron chi connectivity index (χ2n) is 4.07. The second kappa shape index (κ2) is 4.94. The van der Waals surface area contributed by atoms with Gasteiger partial charge in [0.25, 0.3) is 0 Å². The van der Waals surface area contributed by atoms with Crippen LogP contribution in [-0.4, -0.2) is 21.8 Å². The molecule has 0 bridgehead atoms. The van der Waals surface area contributed by atoms with Crippen molar-refractivity contribution in [2.24, 2.45) is 0 Å². The Bertz CT molecular complexity index is 313. The van der Waals surface area contributed by atoms with Crippen molar-refractivity contribution in [3.63, 3.8) is 0 Å². The van der Waals surface area contributed by atoms with E-state index in [1.54, 1.807) is 12.5 Å². The highest BCUT2D eigenvalue weighted by Crippen LogP contribution is 2.17. The molecular weight excluding hydrogens is 210 g/mol. The Morgan fingerprint density at radius 2 is 2.27 bits per heavy atom. The Morgan fingerprint density at radius 3 is 2.87 bits per heavy atom. The van der Waals surface area contributed by atoms with Gasteiger partial charge in [-0.25, -0.2) is 0 Å². The molecule has 1 atom stereocenters. The van der Waals surface area contributed by atoms with Gasteiger partial charge in [-0.3, -0.25) is 4.21 Å². The van der Waals surface area contributed by atoms with Gasteiger partial charge in [-0.1, -0.05) is 0 Å². The van der Waals surface area contributed by atoms with Crippen molar-refractivity contribution >= 4 is 10.8 Å². The van der Waals surface area contributed by atoms with E-state index in [0.717, 1.165) is 24.3 Å². The van der Waals surface area contributed by atoms with E-state index >= 15 is 0 Å². The topological polar surface area (TPSA) is 42.2 Å². The minimum Gasteiger partial charge on any atom is -0.472 e. The molecular formula is C11H17NO2S. The van der Waals surface area contributed by atoms with E-state index in [2.05, 4.69) is 12.2 Å². The molecule has 1 unspecified atom stereocenters. The first-order valence-corrected chi connectivity index (χ1v) is 6.87. The number of hydrogen-bond acceptors (Lipinski definition) is 3. The molecule has 1 aliphatic rings. The maximum atomic E-state index is 11.2. The standard InChI is InChI=1S/C11H17NO2S/c1-9(10-2-5-14-8-10)12-11-3-6-15(13)7-4-11/h2,5,8-9,11-12H,3-4,6-7H2,1H3. The summed E-state index contributed by atoms with van der Waals surface area (Å²) in [6.07, 6.45) is 5.52. The quantitative estimate of drug-likeness (QED) is 0.856. The van der Waals surface area contributed by atoms with Gasteiger partial charge in [0.1, 0.15) is 0 Å². The monoisotopic (exact) mass is 227 g/mol. The number of nitrogens with one attached hydrogen (secondary N) is 1. The average molecular weight is 227 g/mol. The molecule has 1 fully saturated rings. The Morgan fingerprint density at radius 1 is 1.53 bits per heavy atom. The first-order chi connectivity index (χ1) is 7.25. The molecule has 0 radical (unpaired) electrons. The SMILES string of the molecule is CC(NC1CCS(=O)CC1)c1ccoc1. The number of furan rings is 1. The summed E-state index contributed by atoms with van der Waals surface area (Å²) >= 11 is 0. The van der Waals surface area contributed by atoms with E-state index in [9.17, 15) is 4.21 Å². The summed E-state index contributed by atoms with van der Waals surface area (Å²) in [7, 11) is -0.571. The third kappa shape index (κ3) is 2.92. The Kier molecular flexibility index (Phi) is 3.59. The van der Waals surface area contributed by atoms with Crippen molar-refractivity contribution in [3.8, 4) is 0 Å². The Balaban J connectivity index is 1.84. The fourth-order valence-corrected chi connectivity index (χ4v) is 3.23. The highest BCUT2D eigenvalue weighted by atomic mass is 32.2. The van der Waals surface area contributed by atoms with Gasteiger partial charge >= 0.3 is 0 Å². The summed E-state index contributed by atoms with van der Waals surface area (Å²) in [5.41, 5.74) is 1.18. The normalized spacial score (nSPS) is 28.9. The fourth-order valence-electron chi connectivity index (χ4n) is 1.93. The van der Waals surface area contributed by atoms with E-state index in [4.69, 9.17) is 4.42 Å². The third-order valence-electron chi connectivity index (χ3n) is 2.92. The minimum atomic E-state index is -0.571. The van der Waals surface area contributed by atoms with E-state index in [0.29, 0.717) is 12.1 Å². The third-order valence-corrected chi connectivity index (χ3v) is 4.30. The van der Waals surface area contributed by atoms with Crippen molar-refractivity contribution in [1.82, 2.24) is 5.32 Å². The molecule has 0 aromatic carbocycles. The molecule has 1 aromatic heterocycles. The van der Waals surface area contributed by atoms with E-state index in [1.807, 2.05) is 6.07 Å². The van der Waals surface area contributed by atoms with E-state index < -0.39 is 10.8 Å². The average Bonchev–Trinajstić information content (AvgIpc) is 2.74. The predicted octanol–water partition coefficient (Wildman–Crippen LogP) is 1.84. The summed E-state index contributed by atoms with van der Waals surface area (Å²) in [6, 6.07) is 2.81. The van der Waals surface area contributed by atoms with Crippen LogP contribution in [0, 0.1) is 0 Å². The van der Waals surface area contributed by atoms with Gasteiger partial charge in [0.05, 0.1) is 12.5 Å². The van der Waals surface area contributed by atoms with Crippen LogP contribution in [0.25, 0.3) is 0 Å². The highest BCUT2D eigenvalue weighted by molar-refractivity contribution is 7.85. The van der Waals surface area contributed by atoms with Gasteiger partial charge in [-0.2, -0.15) is 0 Å². The number of hydrogen-bond donors (Lipinski definition) is 1. The first kappa shape index (κ1) is 10.9. The van der Waals surface area contributed by atoms with Crippen molar-refractivity contribution in [1.29, 1.82) is 0 Å². The van der Waals surface area contributed by atoms with E-state index in [-0.39, 0.29) is 0 Å². The van der Waals surface area contributed by atoms with Gasteiger partial charge in [0.2, 0.25) is 0 Å². The molecule has 0 saturated carbocycles. The molecule has 1 aliphatic heterocycles. The summed E-state index contributed by atoms with van der Waals surface area (Å²) in [5.74, 6) is 1.69. The van der Waals surface area contributed by atoms with Crippen LogP contribution < -0.4 is 5.32 Å². The van der Waals surface area contributed by atoms with Crippen LogP contribution in [-0.2, 0) is 10.8 Å². The number of rotatable bonds is 3. The highest BCUT2D eigenvalue weighted by Gasteiger charge is 2.19. The van der Waals surface area contributed by atoms with Crippen LogP contribution in [0.3, 0.4) is 0 Å². The smallest absolute Gasteiger partial charge is 0.0950 e. The van der Waals surface area contributed by atoms with Crippen molar-refractivity contribution in [2.45, 2.75) is 31.8 Å². The minimum absolute atomic E-state index is 0.320. The van der Waals surface area contributed by atoms with Crippen LogP contribution >= 0.6 is 0 Å². The first-order valence-electron chi connectivity index (χ1n) is 5.39. The summed E-state index contributed by atoms with van der Waals surface area (Å²) in [6.45, 7) is 2.14. The summed E-state index contributed by atoms with van der Waals surface area (Å²) in [4.78, 5) is 0. The summed E-state index contributed by atoms with van der Waals surface area (Å²) in [5, 5.41) is 3.55. The molecule has 2 heterocycles. The van der Waals surface area contributed by atoms with Gasteiger partial charge in [0, 0.05) is 40.0 Å². The van der Waals surface area contributed by atoms with Crippen LogP contribution in [0.15, 0.2) is 23.0 Å². The van der Waals surface area contributed by atoms with Crippen molar-refractivity contribution in [3.05, 3.63) is 24.2 Å². The van der Waals surface area contributed by atoms with Crippen molar-refractivity contribution in [2.75, 3.05) is 11.5 Å². The molecule has 1 N–H and O–H groups in total. The molecule has 0 aliphatic carbocycles. The molecule has 0 spiro atoms. The Hall–Kier alpha value is -0.610. The molecule has 84 valence electrons. The molecule has 3 nitrogen and oxygen atoms in total. The molecule has 0 amide bonds. The Labute approximate surface area is 92.7 Å². The molecule has 15 heavy (non-hydrogen) atoms. The van der Waals surface area contributed by atoms with E-state index in [1.165, 1.54) is 5.56 Å². The van der Waals surface area contributed by atoms with Crippen LogP contribution in [0.5, 0.6) is 0 Å². The van der Waals surface area contributed by atoms with Crippen LogP contribution in [0.4, 0.5) is 0 Å². The van der Waals surface area contributed by atoms with Crippen LogP contribution in [0.1, 0.15) is 31.4 Å². The van der Waals surface area contributed by atoms with Gasteiger partial charge in [0.15, 0.2) is 0 Å². The van der Waals surface area contributed by atoms with Crippen molar-refractivity contribution < 1.29 is 8.63 Å². The fraction of sp³-hybridized carbons (Fsp3) is 0.636. The molecule has 1 aromatic rings. The molecule has 1 saturated heterocycles. The van der Waals surface area contributed by atoms with Gasteiger partial charge in [-0.05, 0) is 25.8 Å². The molecule has 2 rings (SSSR count). The second-order valence-corrected chi connectivity index (χ2v) is 5.76. The maximum Gasteiger partial charge on any atom is 0.0950 e. The zero-order valence-corrected chi connectivity index (χ0v) is 9.76. The largest absolute Gasteiger partial charge is 0.472 e. The molecule has 4 heteroatoms.